The highest BCUT2D eigenvalue weighted by molar-refractivity contribution is 7.92. The largest absolute Gasteiger partial charge is 0.467 e. The highest BCUT2D eigenvalue weighted by Crippen LogP contribution is 2.24. The Hall–Kier alpha value is -4.01. The van der Waals surface area contributed by atoms with Crippen molar-refractivity contribution in [3.63, 3.8) is 0 Å². The Kier molecular flexibility index (Phi) is 6.30. The average molecular weight is 511 g/mol. The molecule has 0 saturated carbocycles. The summed E-state index contributed by atoms with van der Waals surface area (Å²) in [5.41, 5.74) is 13.9. The molecule has 2 atom stereocenters. The fourth-order valence-corrected chi connectivity index (χ4v) is 5.09. The third-order valence-electron chi connectivity index (χ3n) is 5.70. The monoisotopic (exact) mass is 510 g/mol. The fraction of sp³-hybridized carbons (Fsp3) is 0.273. The molecule has 0 spiro atoms. The molecule has 0 radical (unpaired) electrons. The number of piperidine rings is 1. The van der Waals surface area contributed by atoms with Crippen molar-refractivity contribution in [2.45, 2.75) is 23.4 Å². The van der Waals surface area contributed by atoms with E-state index < -0.39 is 10.0 Å². The standard InChI is InChI=1S/C22H26N10O3S/c1-35-22-28-20(27-21(29-22)32-11-14(23)8-15(24)12-32)26-16-4-6-18(7-5-16)36(33,34)31-17-3-2-13-10-25-30-19(13)9-17/h2-7,9-10,14-15,31H,8,11-12,23-24H2,1H3,(H,25,30)(H,26,27,28,29)/t14-,15+. The van der Waals surface area contributed by atoms with E-state index in [2.05, 4.69) is 35.2 Å². The van der Waals surface area contributed by atoms with Crippen LogP contribution in [-0.2, 0) is 10.0 Å². The van der Waals surface area contributed by atoms with E-state index in [1.54, 1.807) is 36.5 Å². The minimum Gasteiger partial charge on any atom is -0.467 e. The van der Waals surface area contributed by atoms with Gasteiger partial charge in [0.25, 0.3) is 10.0 Å². The van der Waals surface area contributed by atoms with Crippen LogP contribution in [0.2, 0.25) is 0 Å². The number of nitrogens with two attached hydrogens (primary N) is 2. The number of aromatic nitrogens is 5. The minimum atomic E-state index is -3.80. The van der Waals surface area contributed by atoms with Gasteiger partial charge >= 0.3 is 6.01 Å². The van der Waals surface area contributed by atoms with E-state index in [0.717, 1.165) is 17.3 Å². The minimum absolute atomic E-state index is 0.0857. The number of sulfonamides is 1. The summed E-state index contributed by atoms with van der Waals surface area (Å²) in [6, 6.07) is 11.3. The molecular weight excluding hydrogens is 484 g/mol. The summed E-state index contributed by atoms with van der Waals surface area (Å²) >= 11 is 0. The summed E-state index contributed by atoms with van der Waals surface area (Å²) < 4.78 is 33.6. The number of benzene rings is 2. The van der Waals surface area contributed by atoms with Gasteiger partial charge in [0.05, 0.1) is 29.4 Å². The first-order valence-corrected chi connectivity index (χ1v) is 12.7. The van der Waals surface area contributed by atoms with E-state index in [9.17, 15) is 8.42 Å². The Morgan fingerprint density at radius 3 is 2.47 bits per heavy atom. The number of fused-ring (bicyclic) bond motifs is 1. The number of hydrogen-bond acceptors (Lipinski definition) is 11. The van der Waals surface area contributed by atoms with Crippen molar-refractivity contribution in [1.82, 2.24) is 25.1 Å². The van der Waals surface area contributed by atoms with E-state index in [1.807, 2.05) is 4.90 Å². The van der Waals surface area contributed by atoms with Crippen LogP contribution < -0.4 is 31.1 Å². The molecule has 188 valence electrons. The second-order valence-electron chi connectivity index (χ2n) is 8.53. The zero-order valence-corrected chi connectivity index (χ0v) is 20.2. The lowest BCUT2D eigenvalue weighted by Crippen LogP contribution is -2.52. The molecule has 3 heterocycles. The van der Waals surface area contributed by atoms with Gasteiger partial charge < -0.3 is 26.4 Å². The number of H-pyrrole nitrogens is 1. The maximum absolute atomic E-state index is 12.9. The van der Waals surface area contributed by atoms with Crippen LogP contribution in [0.5, 0.6) is 6.01 Å². The van der Waals surface area contributed by atoms with Crippen molar-refractivity contribution in [3.05, 3.63) is 48.7 Å². The van der Waals surface area contributed by atoms with E-state index in [-0.39, 0.29) is 28.9 Å². The van der Waals surface area contributed by atoms with E-state index >= 15 is 0 Å². The summed E-state index contributed by atoms with van der Waals surface area (Å²) in [5, 5.41) is 10.7. The Morgan fingerprint density at radius 1 is 1.03 bits per heavy atom. The molecule has 0 bridgehead atoms. The predicted molar refractivity (Wildman–Crippen MR) is 136 cm³/mol. The van der Waals surface area contributed by atoms with Gasteiger partial charge in [-0.3, -0.25) is 9.82 Å². The first-order valence-electron chi connectivity index (χ1n) is 11.2. The van der Waals surface area contributed by atoms with Crippen LogP contribution in [-0.4, -0.2) is 65.9 Å². The lowest BCUT2D eigenvalue weighted by Gasteiger charge is -2.34. The molecule has 2 aromatic carbocycles. The number of nitrogens with one attached hydrogen (secondary N) is 3. The van der Waals surface area contributed by atoms with Crippen molar-refractivity contribution in [2.75, 3.05) is 35.1 Å². The summed E-state index contributed by atoms with van der Waals surface area (Å²) in [6.07, 6.45) is 2.40. The van der Waals surface area contributed by atoms with Gasteiger partial charge in [-0.15, -0.1) is 0 Å². The molecule has 1 fully saturated rings. The van der Waals surface area contributed by atoms with Crippen LogP contribution in [0.1, 0.15) is 6.42 Å². The number of nitrogens with zero attached hydrogens (tertiary/aromatic N) is 5. The molecule has 4 aromatic rings. The number of methoxy groups -OCH3 is 1. The lowest BCUT2D eigenvalue weighted by molar-refractivity contribution is 0.376. The van der Waals surface area contributed by atoms with Gasteiger partial charge in [-0.05, 0) is 48.9 Å². The molecule has 13 nitrogen and oxygen atoms in total. The lowest BCUT2D eigenvalue weighted by atomic mass is 10.0. The van der Waals surface area contributed by atoms with Crippen LogP contribution in [0.3, 0.4) is 0 Å². The molecule has 0 amide bonds. The molecule has 5 rings (SSSR count). The molecule has 1 aliphatic heterocycles. The Bertz CT molecular complexity index is 1470. The van der Waals surface area contributed by atoms with Gasteiger partial charge in [-0.1, -0.05) is 0 Å². The van der Waals surface area contributed by atoms with Crippen molar-refractivity contribution in [1.29, 1.82) is 0 Å². The van der Waals surface area contributed by atoms with Gasteiger partial charge in [0.2, 0.25) is 11.9 Å². The summed E-state index contributed by atoms with van der Waals surface area (Å²) in [6.45, 7) is 1.13. The second-order valence-corrected chi connectivity index (χ2v) is 10.2. The maximum atomic E-state index is 12.9. The normalized spacial score (nSPS) is 18.2. The SMILES string of the molecule is COc1nc(Nc2ccc(S(=O)(=O)Nc3ccc4cn[nH]c4c3)cc2)nc(N2C[C@H](N)C[C@H](N)C2)n1. The Morgan fingerprint density at radius 2 is 1.75 bits per heavy atom. The molecule has 0 unspecified atom stereocenters. The van der Waals surface area contributed by atoms with Crippen molar-refractivity contribution < 1.29 is 13.2 Å². The molecular formula is C22H26N10O3S. The number of anilines is 4. The smallest absolute Gasteiger partial charge is 0.322 e. The Labute approximate surface area is 207 Å². The van der Waals surface area contributed by atoms with Crippen LogP contribution in [0, 0.1) is 0 Å². The summed E-state index contributed by atoms with van der Waals surface area (Å²) in [5.74, 6) is 0.638. The van der Waals surface area contributed by atoms with Crippen molar-refractivity contribution in [3.8, 4) is 6.01 Å². The van der Waals surface area contributed by atoms with Gasteiger partial charge in [0.1, 0.15) is 0 Å². The average Bonchev–Trinajstić information content (AvgIpc) is 3.31. The third-order valence-corrected chi connectivity index (χ3v) is 7.10. The topological polar surface area (TPSA) is 190 Å². The first kappa shape index (κ1) is 23.7. The first-order chi connectivity index (χ1) is 17.3. The van der Waals surface area contributed by atoms with Crippen LogP contribution in [0.4, 0.5) is 23.3 Å². The zero-order chi connectivity index (χ0) is 25.3. The molecule has 2 aromatic heterocycles. The molecule has 7 N–H and O–H groups in total. The van der Waals surface area contributed by atoms with E-state index in [1.165, 1.54) is 19.2 Å². The number of ether oxygens (including phenoxy) is 1. The van der Waals surface area contributed by atoms with Gasteiger partial charge in [0, 0.05) is 36.2 Å². The molecule has 14 heteroatoms. The molecule has 36 heavy (non-hydrogen) atoms. The number of aromatic amines is 1. The van der Waals surface area contributed by atoms with Crippen LogP contribution in [0.15, 0.2) is 53.6 Å². The van der Waals surface area contributed by atoms with Gasteiger partial charge in [0.15, 0.2) is 0 Å². The molecule has 0 aliphatic carbocycles. The maximum Gasteiger partial charge on any atom is 0.322 e. The third kappa shape index (κ3) is 5.15. The van der Waals surface area contributed by atoms with Crippen molar-refractivity contribution in [2.24, 2.45) is 11.5 Å². The predicted octanol–water partition coefficient (Wildman–Crippen LogP) is 1.17. The molecule has 1 saturated heterocycles. The van der Waals surface area contributed by atoms with E-state index in [0.29, 0.717) is 30.4 Å². The van der Waals surface area contributed by atoms with Gasteiger partial charge in [-0.2, -0.15) is 20.1 Å². The van der Waals surface area contributed by atoms with Crippen molar-refractivity contribution >= 4 is 44.2 Å². The molecule has 1 aliphatic rings. The quantitative estimate of drug-likeness (QED) is 0.240. The van der Waals surface area contributed by atoms with Gasteiger partial charge in [-0.25, -0.2) is 8.42 Å². The summed E-state index contributed by atoms with van der Waals surface area (Å²) in [4.78, 5) is 15.0. The summed E-state index contributed by atoms with van der Waals surface area (Å²) in [7, 11) is -2.34. The zero-order valence-electron chi connectivity index (χ0n) is 19.4. The Balaban J connectivity index is 1.33. The number of hydrogen-bond donors (Lipinski definition) is 5. The van der Waals surface area contributed by atoms with E-state index in [4.69, 9.17) is 16.2 Å². The van der Waals surface area contributed by atoms with Crippen LogP contribution >= 0.6 is 0 Å². The highest BCUT2D eigenvalue weighted by atomic mass is 32.2. The second kappa shape index (κ2) is 9.56. The van der Waals surface area contributed by atoms with Crippen LogP contribution in [0.25, 0.3) is 10.9 Å². The number of rotatable bonds is 7. The fourth-order valence-electron chi connectivity index (χ4n) is 4.04. The highest BCUT2D eigenvalue weighted by Gasteiger charge is 2.25.